The first kappa shape index (κ1) is 12.4. The lowest BCUT2D eigenvalue weighted by atomic mass is 10.0. The van der Waals surface area contributed by atoms with Gasteiger partial charge in [0.15, 0.2) is 5.82 Å². The zero-order chi connectivity index (χ0) is 13.1. The topological polar surface area (TPSA) is 61.0 Å². The van der Waals surface area contributed by atoms with Crippen molar-refractivity contribution in [2.24, 2.45) is 0 Å². The Balaban J connectivity index is 2.49. The van der Waals surface area contributed by atoms with Crippen LogP contribution in [0.1, 0.15) is 18.1 Å². The molecule has 0 saturated heterocycles. The molecule has 0 amide bonds. The quantitative estimate of drug-likeness (QED) is 0.900. The Morgan fingerprint density at radius 2 is 2.00 bits per heavy atom. The Kier molecular flexibility index (Phi) is 3.46. The minimum atomic E-state index is 0.478. The lowest BCUT2D eigenvalue weighted by Gasteiger charge is -2.11. The van der Waals surface area contributed by atoms with Crippen LogP contribution in [0.4, 0.5) is 5.82 Å². The average Bonchev–Trinajstić information content (AvgIpc) is 2.33. The lowest BCUT2D eigenvalue weighted by Crippen LogP contribution is -1.99. The van der Waals surface area contributed by atoms with Crippen LogP contribution in [0.3, 0.4) is 0 Å². The summed E-state index contributed by atoms with van der Waals surface area (Å²) in [7, 11) is 0. The second-order valence-corrected chi connectivity index (χ2v) is 4.17. The van der Waals surface area contributed by atoms with E-state index < -0.39 is 0 Å². The number of rotatable bonds is 3. The summed E-state index contributed by atoms with van der Waals surface area (Å²) in [5, 5.41) is 0. The van der Waals surface area contributed by atoms with Crippen LogP contribution in [-0.4, -0.2) is 16.6 Å². The molecule has 0 spiro atoms. The van der Waals surface area contributed by atoms with E-state index in [0.717, 1.165) is 22.4 Å². The number of hydrogen-bond donors (Lipinski definition) is 1. The molecule has 18 heavy (non-hydrogen) atoms. The fraction of sp³-hybridized carbons (Fsp3) is 0.286. The maximum absolute atomic E-state index is 5.69. The lowest BCUT2D eigenvalue weighted by molar-refractivity contribution is 0.337. The highest BCUT2D eigenvalue weighted by atomic mass is 16.5. The molecule has 0 bridgehead atoms. The van der Waals surface area contributed by atoms with Crippen LogP contribution >= 0.6 is 0 Å². The molecule has 1 heterocycles. The van der Waals surface area contributed by atoms with Gasteiger partial charge in [-0.3, -0.25) is 0 Å². The van der Waals surface area contributed by atoms with Gasteiger partial charge in [-0.05, 0) is 50.1 Å². The Morgan fingerprint density at radius 3 is 2.67 bits per heavy atom. The van der Waals surface area contributed by atoms with Crippen LogP contribution in [0, 0.1) is 13.8 Å². The van der Waals surface area contributed by atoms with Gasteiger partial charge >= 0.3 is 0 Å². The summed E-state index contributed by atoms with van der Waals surface area (Å²) in [6.45, 7) is 6.67. The molecule has 4 nitrogen and oxygen atoms in total. The first-order valence-electron chi connectivity index (χ1n) is 5.94. The third kappa shape index (κ3) is 2.42. The van der Waals surface area contributed by atoms with Crippen molar-refractivity contribution in [3.05, 3.63) is 35.5 Å². The second kappa shape index (κ2) is 5.04. The van der Waals surface area contributed by atoms with Crippen molar-refractivity contribution >= 4 is 5.82 Å². The molecule has 0 saturated carbocycles. The van der Waals surface area contributed by atoms with Gasteiger partial charge < -0.3 is 10.5 Å². The molecule has 1 aromatic heterocycles. The molecule has 0 fully saturated rings. The summed E-state index contributed by atoms with van der Waals surface area (Å²) in [4.78, 5) is 8.50. The van der Waals surface area contributed by atoms with Crippen LogP contribution in [0.25, 0.3) is 11.4 Å². The number of aryl methyl sites for hydroxylation is 2. The Bertz CT molecular complexity index is 567. The third-order valence-electron chi connectivity index (χ3n) is 2.74. The number of nitrogens with zero attached hydrogens (tertiary/aromatic N) is 2. The van der Waals surface area contributed by atoms with E-state index in [1.54, 1.807) is 12.3 Å². The Labute approximate surface area is 107 Å². The Hall–Kier alpha value is -2.10. The first-order valence-corrected chi connectivity index (χ1v) is 5.94. The minimum Gasteiger partial charge on any atom is -0.494 e. The van der Waals surface area contributed by atoms with E-state index in [4.69, 9.17) is 10.5 Å². The molecule has 0 atom stereocenters. The standard InChI is InChI=1S/C14H17N3O/c1-4-18-12-8-9(2)11(7-10(12)3)14-16-6-5-13(15)17-14/h5-8H,4H2,1-3H3,(H2,15,16,17). The van der Waals surface area contributed by atoms with Crippen molar-refractivity contribution in [3.8, 4) is 17.1 Å². The number of anilines is 1. The van der Waals surface area contributed by atoms with E-state index in [2.05, 4.69) is 9.97 Å². The predicted molar refractivity (Wildman–Crippen MR) is 72.5 cm³/mol. The molecule has 2 aromatic rings. The number of benzene rings is 1. The summed E-state index contributed by atoms with van der Waals surface area (Å²) in [5.41, 5.74) is 8.83. The van der Waals surface area contributed by atoms with Crippen molar-refractivity contribution < 1.29 is 4.74 Å². The number of ether oxygens (including phenoxy) is 1. The van der Waals surface area contributed by atoms with E-state index in [-0.39, 0.29) is 0 Å². The maximum atomic E-state index is 5.69. The van der Waals surface area contributed by atoms with Gasteiger partial charge in [0.2, 0.25) is 0 Å². The van der Waals surface area contributed by atoms with Crippen LogP contribution < -0.4 is 10.5 Å². The molecule has 0 aliphatic heterocycles. The highest BCUT2D eigenvalue weighted by molar-refractivity contribution is 5.64. The monoisotopic (exact) mass is 243 g/mol. The molecule has 0 aliphatic carbocycles. The molecule has 0 radical (unpaired) electrons. The van der Waals surface area contributed by atoms with E-state index in [9.17, 15) is 0 Å². The zero-order valence-electron chi connectivity index (χ0n) is 10.9. The molecule has 4 heteroatoms. The average molecular weight is 243 g/mol. The predicted octanol–water partition coefficient (Wildman–Crippen LogP) is 2.74. The molecular formula is C14H17N3O. The molecule has 2 rings (SSSR count). The first-order chi connectivity index (χ1) is 8.61. The van der Waals surface area contributed by atoms with Crippen LogP contribution in [0.15, 0.2) is 24.4 Å². The fourth-order valence-corrected chi connectivity index (χ4v) is 1.84. The molecule has 2 N–H and O–H groups in total. The van der Waals surface area contributed by atoms with Crippen molar-refractivity contribution in [1.29, 1.82) is 0 Å². The zero-order valence-corrected chi connectivity index (χ0v) is 10.9. The van der Waals surface area contributed by atoms with Gasteiger partial charge in [0, 0.05) is 11.8 Å². The van der Waals surface area contributed by atoms with Crippen molar-refractivity contribution in [1.82, 2.24) is 9.97 Å². The van der Waals surface area contributed by atoms with Gasteiger partial charge in [-0.2, -0.15) is 0 Å². The summed E-state index contributed by atoms with van der Waals surface area (Å²) in [6, 6.07) is 5.73. The maximum Gasteiger partial charge on any atom is 0.161 e. The van der Waals surface area contributed by atoms with Gasteiger partial charge in [0.1, 0.15) is 11.6 Å². The number of nitrogens with two attached hydrogens (primary N) is 1. The van der Waals surface area contributed by atoms with Crippen molar-refractivity contribution in [2.45, 2.75) is 20.8 Å². The highest BCUT2D eigenvalue weighted by Gasteiger charge is 2.09. The van der Waals surface area contributed by atoms with Gasteiger partial charge in [0.25, 0.3) is 0 Å². The summed E-state index contributed by atoms with van der Waals surface area (Å²) in [6.07, 6.45) is 1.67. The fourth-order valence-electron chi connectivity index (χ4n) is 1.84. The van der Waals surface area contributed by atoms with Crippen molar-refractivity contribution in [3.63, 3.8) is 0 Å². The number of nitrogen functional groups attached to an aromatic ring is 1. The largest absolute Gasteiger partial charge is 0.494 e. The molecular weight excluding hydrogens is 226 g/mol. The van der Waals surface area contributed by atoms with E-state index >= 15 is 0 Å². The number of aromatic nitrogens is 2. The third-order valence-corrected chi connectivity index (χ3v) is 2.74. The molecule has 94 valence electrons. The van der Waals surface area contributed by atoms with E-state index in [1.807, 2.05) is 32.9 Å². The second-order valence-electron chi connectivity index (χ2n) is 4.17. The summed E-state index contributed by atoms with van der Waals surface area (Å²) >= 11 is 0. The van der Waals surface area contributed by atoms with E-state index in [1.165, 1.54) is 0 Å². The SMILES string of the molecule is CCOc1cc(C)c(-c2nccc(N)n2)cc1C. The highest BCUT2D eigenvalue weighted by Crippen LogP contribution is 2.28. The summed E-state index contributed by atoms with van der Waals surface area (Å²) in [5.74, 6) is 2.03. The van der Waals surface area contributed by atoms with E-state index in [0.29, 0.717) is 18.2 Å². The molecule has 1 aromatic carbocycles. The molecule has 0 aliphatic rings. The van der Waals surface area contributed by atoms with Gasteiger partial charge in [-0.25, -0.2) is 9.97 Å². The van der Waals surface area contributed by atoms with Crippen LogP contribution in [0.5, 0.6) is 5.75 Å². The summed E-state index contributed by atoms with van der Waals surface area (Å²) < 4.78 is 5.57. The Morgan fingerprint density at radius 1 is 1.22 bits per heavy atom. The van der Waals surface area contributed by atoms with Gasteiger partial charge in [-0.1, -0.05) is 0 Å². The van der Waals surface area contributed by atoms with Gasteiger partial charge in [0.05, 0.1) is 6.61 Å². The molecule has 0 unspecified atom stereocenters. The van der Waals surface area contributed by atoms with Crippen LogP contribution in [-0.2, 0) is 0 Å². The van der Waals surface area contributed by atoms with Gasteiger partial charge in [-0.15, -0.1) is 0 Å². The smallest absolute Gasteiger partial charge is 0.161 e. The normalized spacial score (nSPS) is 10.4. The van der Waals surface area contributed by atoms with Crippen LogP contribution in [0.2, 0.25) is 0 Å². The number of hydrogen-bond acceptors (Lipinski definition) is 4. The minimum absolute atomic E-state index is 0.478. The van der Waals surface area contributed by atoms with Crippen molar-refractivity contribution in [2.75, 3.05) is 12.3 Å².